The topological polar surface area (TPSA) is 172 Å². The van der Waals surface area contributed by atoms with Crippen LogP contribution in [-0.4, -0.2) is 107 Å². The molecule has 0 aliphatic carbocycles. The Labute approximate surface area is 311 Å². The maximum absolute atomic E-state index is 11.6. The first-order chi connectivity index (χ1) is 23.8. The van der Waals surface area contributed by atoms with E-state index >= 15 is 0 Å². The van der Waals surface area contributed by atoms with Crippen LogP contribution in [0.2, 0.25) is 54.4 Å². The van der Waals surface area contributed by atoms with Crippen LogP contribution >= 0.6 is 0 Å². The van der Waals surface area contributed by atoms with Crippen LogP contribution in [0.15, 0.2) is 12.5 Å². The van der Waals surface area contributed by atoms with Gasteiger partial charge in [-0.1, -0.05) is 53.7 Å². The maximum atomic E-state index is 11.6. The zero-order chi connectivity index (χ0) is 38.7. The van der Waals surface area contributed by atoms with E-state index in [1.54, 1.807) is 6.33 Å². The van der Waals surface area contributed by atoms with Crippen molar-refractivity contribution < 1.29 is 28.3 Å². The van der Waals surface area contributed by atoms with Crippen molar-refractivity contribution in [2.24, 2.45) is 11.8 Å². The van der Waals surface area contributed by atoms with Gasteiger partial charge < -0.3 is 28.8 Å². The maximum Gasteiger partial charge on any atom is 0.256 e. The molecule has 14 nitrogen and oxygen atoms in total. The lowest BCUT2D eigenvalue weighted by Crippen LogP contribution is -2.46. The van der Waals surface area contributed by atoms with Crippen LogP contribution < -0.4 is 5.32 Å². The number of nitrogens with one attached hydrogen (secondary N) is 1. The highest BCUT2D eigenvalue weighted by atomic mass is 28.4. The molecule has 2 aliphatic heterocycles. The molecule has 0 spiro atoms. The summed E-state index contributed by atoms with van der Waals surface area (Å²) in [7, 11) is -7.44. The molecule has 0 bridgehead atoms. The standard InChI is InChI=1S/C35H62N8O6Si3/c1-33(2,3)52(12,13)48-21-27-25(16-34(4,5)50(8,9)45)26(17-35(6,7)51(10,11)46)31(49-27)42-22-36-28-29(37-23-14-15-47-20-23)38-32(39-30(28)42)43-18-24(19-44)40-41-43/h18-19,22-23,25-27,31,45-46H,14-17,20-21H2,1-13H3,(H,37,38,39)/t23?,25-,26+,27+,31+/m0/s1. The molecule has 2 fully saturated rings. The SMILES string of the molecule is CC(C)(C[C@@H]1[C@H](CC(C)(C)[Si](C)(C)O)[C@@H](CO[Si](C)(C)C(C)(C)C)O[C@H]1n1cnc2c(NC3CCOC3)nc(-n3cc(C=O)nn3)nc21)[Si](C)(C)O. The van der Waals surface area contributed by atoms with Gasteiger partial charge in [0.15, 0.2) is 48.2 Å². The molecular formula is C35H62N8O6Si3. The van der Waals surface area contributed by atoms with Crippen molar-refractivity contribution in [3.8, 4) is 5.95 Å². The molecule has 3 N–H and O–H groups in total. The van der Waals surface area contributed by atoms with Gasteiger partial charge in [-0.3, -0.25) is 9.36 Å². The van der Waals surface area contributed by atoms with Gasteiger partial charge in [0.25, 0.3) is 5.95 Å². The van der Waals surface area contributed by atoms with Gasteiger partial charge in [0, 0.05) is 12.5 Å². The van der Waals surface area contributed by atoms with Crippen LogP contribution in [0.3, 0.4) is 0 Å². The smallest absolute Gasteiger partial charge is 0.256 e. The van der Waals surface area contributed by atoms with Gasteiger partial charge in [0.05, 0.1) is 37.9 Å². The predicted molar refractivity (Wildman–Crippen MR) is 209 cm³/mol. The van der Waals surface area contributed by atoms with Crippen molar-refractivity contribution in [2.45, 2.75) is 140 Å². The van der Waals surface area contributed by atoms with Crippen molar-refractivity contribution in [1.82, 2.24) is 34.5 Å². The average molecular weight is 775 g/mol. The molecule has 0 amide bonds. The van der Waals surface area contributed by atoms with Crippen molar-refractivity contribution >= 4 is 48.2 Å². The molecule has 5 rings (SSSR count). The van der Waals surface area contributed by atoms with Gasteiger partial charge in [-0.25, -0.2) is 4.98 Å². The summed E-state index contributed by atoms with van der Waals surface area (Å²) < 4.78 is 23.1. The lowest BCUT2D eigenvalue weighted by atomic mass is 9.78. The van der Waals surface area contributed by atoms with Crippen molar-refractivity contribution in [3.63, 3.8) is 0 Å². The first-order valence-electron chi connectivity index (χ1n) is 18.6. The number of carbonyl (C=O) groups excluding carboxylic acids is 1. The number of rotatable bonds is 14. The number of aldehydes is 1. The van der Waals surface area contributed by atoms with Gasteiger partial charge in [0.2, 0.25) is 0 Å². The van der Waals surface area contributed by atoms with Crippen LogP contribution in [-0.2, 0) is 13.9 Å². The van der Waals surface area contributed by atoms with Crippen LogP contribution in [0.4, 0.5) is 5.82 Å². The van der Waals surface area contributed by atoms with E-state index in [9.17, 15) is 14.4 Å². The molecule has 2 aliphatic rings. The Hall–Kier alpha value is -2.39. The Morgan fingerprint density at radius 1 is 0.981 bits per heavy atom. The van der Waals surface area contributed by atoms with E-state index in [0.717, 1.165) is 12.8 Å². The molecule has 3 aromatic rings. The van der Waals surface area contributed by atoms with E-state index in [1.165, 1.54) is 10.9 Å². The highest BCUT2D eigenvalue weighted by Crippen LogP contribution is 2.56. The Morgan fingerprint density at radius 2 is 1.62 bits per heavy atom. The first kappa shape index (κ1) is 40.8. The minimum absolute atomic E-state index is 0.00299. The summed E-state index contributed by atoms with van der Waals surface area (Å²) >= 11 is 0. The Balaban J connectivity index is 1.68. The van der Waals surface area contributed by atoms with E-state index < -0.39 is 31.2 Å². The highest BCUT2D eigenvalue weighted by molar-refractivity contribution is 6.74. The Bertz CT molecular complexity index is 1720. The molecule has 290 valence electrons. The van der Waals surface area contributed by atoms with E-state index in [2.05, 4.69) is 77.2 Å². The van der Waals surface area contributed by atoms with Crippen molar-refractivity contribution in [2.75, 3.05) is 25.1 Å². The summed E-state index contributed by atoms with van der Waals surface area (Å²) in [5.41, 5.74) is 1.29. The molecule has 1 unspecified atom stereocenters. The zero-order valence-corrected chi connectivity index (χ0v) is 36.5. The van der Waals surface area contributed by atoms with E-state index in [0.29, 0.717) is 49.5 Å². The van der Waals surface area contributed by atoms with Crippen LogP contribution in [0.25, 0.3) is 17.1 Å². The second-order valence-corrected chi connectivity index (χ2v) is 32.6. The molecule has 2 saturated heterocycles. The summed E-state index contributed by atoms with van der Waals surface area (Å²) in [4.78, 5) is 49.3. The fraction of sp³-hybridized carbons (Fsp3) is 0.771. The molecule has 5 heterocycles. The normalized spacial score (nSPS) is 23.9. The third-order valence-electron chi connectivity index (χ3n) is 12.7. The highest BCUT2D eigenvalue weighted by Gasteiger charge is 2.54. The quantitative estimate of drug-likeness (QED) is 0.123. The minimum atomic E-state index is -2.67. The number of anilines is 1. The largest absolute Gasteiger partial charge is 0.432 e. The molecule has 17 heteroatoms. The third kappa shape index (κ3) is 8.30. The number of fused-ring (bicyclic) bond motifs is 1. The summed E-state index contributed by atoms with van der Waals surface area (Å²) in [5, 5.41) is 10.9. The summed E-state index contributed by atoms with van der Waals surface area (Å²) in [6.07, 6.45) is 5.35. The molecule has 52 heavy (non-hydrogen) atoms. The van der Waals surface area contributed by atoms with Gasteiger partial charge in [0.1, 0.15) is 11.9 Å². The number of imidazole rings is 1. The second-order valence-electron chi connectivity index (χ2n) is 18.9. The molecule has 0 saturated carbocycles. The number of hydrogen-bond donors (Lipinski definition) is 3. The van der Waals surface area contributed by atoms with Crippen LogP contribution in [0, 0.1) is 11.8 Å². The lowest BCUT2D eigenvalue weighted by Gasteiger charge is -2.43. The van der Waals surface area contributed by atoms with Gasteiger partial charge in [-0.05, 0) is 79.6 Å². The molecule has 5 atom stereocenters. The number of aromatic nitrogens is 7. The van der Waals surface area contributed by atoms with E-state index in [1.807, 2.05) is 30.8 Å². The average Bonchev–Trinajstić information content (AvgIpc) is 3.82. The third-order valence-corrected chi connectivity index (χ3v) is 24.3. The molecule has 0 radical (unpaired) electrons. The molecule has 0 aromatic carbocycles. The molecule has 3 aromatic heterocycles. The summed E-state index contributed by atoms with van der Waals surface area (Å²) in [6.45, 7) is 29.5. The van der Waals surface area contributed by atoms with E-state index in [4.69, 9.17) is 28.9 Å². The lowest BCUT2D eigenvalue weighted by molar-refractivity contribution is -0.0353. The fourth-order valence-corrected chi connectivity index (χ4v) is 9.07. The monoisotopic (exact) mass is 774 g/mol. The van der Waals surface area contributed by atoms with E-state index in [-0.39, 0.29) is 50.7 Å². The summed E-state index contributed by atoms with van der Waals surface area (Å²) in [5.74, 6) is 0.677. The van der Waals surface area contributed by atoms with Gasteiger partial charge in [-0.15, -0.1) is 5.10 Å². The minimum Gasteiger partial charge on any atom is -0.432 e. The summed E-state index contributed by atoms with van der Waals surface area (Å²) in [6, 6.07) is 0.0416. The Kier molecular flexibility index (Phi) is 11.3. The first-order valence-corrected chi connectivity index (χ1v) is 27.4. The van der Waals surface area contributed by atoms with Crippen molar-refractivity contribution in [3.05, 3.63) is 18.2 Å². The van der Waals surface area contributed by atoms with Crippen LogP contribution in [0.1, 0.15) is 84.4 Å². The van der Waals surface area contributed by atoms with Crippen LogP contribution in [0.5, 0.6) is 0 Å². The van der Waals surface area contributed by atoms with Gasteiger partial charge >= 0.3 is 0 Å². The number of nitrogens with zero attached hydrogens (tertiary/aromatic N) is 7. The molecular weight excluding hydrogens is 713 g/mol. The second kappa shape index (κ2) is 14.4. The predicted octanol–water partition coefficient (Wildman–Crippen LogP) is 6.31. The fourth-order valence-electron chi connectivity index (χ4n) is 6.59. The number of ether oxygens (including phenoxy) is 2. The Morgan fingerprint density at radius 3 is 2.15 bits per heavy atom. The zero-order valence-electron chi connectivity index (χ0n) is 33.5. The number of carbonyl (C=O) groups is 1. The number of hydrogen-bond acceptors (Lipinski definition) is 12. The van der Waals surface area contributed by atoms with Crippen molar-refractivity contribution in [1.29, 1.82) is 0 Å². The van der Waals surface area contributed by atoms with Gasteiger partial charge in [-0.2, -0.15) is 14.6 Å².